The Kier molecular flexibility index (Phi) is 6.72. The third-order valence-electron chi connectivity index (χ3n) is 2.95. The van der Waals surface area contributed by atoms with E-state index in [4.69, 9.17) is 0 Å². The highest BCUT2D eigenvalue weighted by atomic mass is 79.9. The first-order valence-corrected chi connectivity index (χ1v) is 7.67. The SMILES string of the molecule is CCN(CCCN(C)C)c1cc(Br)nc(C(C)C)n1. The summed E-state index contributed by atoms with van der Waals surface area (Å²) in [7, 11) is 4.21. The van der Waals surface area contributed by atoms with Gasteiger partial charge < -0.3 is 9.80 Å². The van der Waals surface area contributed by atoms with Crippen LogP contribution in [-0.2, 0) is 0 Å². The van der Waals surface area contributed by atoms with Crippen LogP contribution in [0.25, 0.3) is 0 Å². The molecule has 0 saturated heterocycles. The zero-order valence-corrected chi connectivity index (χ0v) is 14.2. The highest BCUT2D eigenvalue weighted by Gasteiger charge is 2.11. The largest absolute Gasteiger partial charge is 0.357 e. The van der Waals surface area contributed by atoms with E-state index in [0.29, 0.717) is 5.92 Å². The summed E-state index contributed by atoms with van der Waals surface area (Å²) in [6.07, 6.45) is 1.14. The molecule has 0 aromatic carbocycles. The quantitative estimate of drug-likeness (QED) is 0.720. The lowest BCUT2D eigenvalue weighted by molar-refractivity contribution is 0.400. The summed E-state index contributed by atoms with van der Waals surface area (Å²) < 4.78 is 0.868. The zero-order chi connectivity index (χ0) is 14.4. The molecule has 19 heavy (non-hydrogen) atoms. The number of anilines is 1. The third kappa shape index (κ3) is 5.45. The van der Waals surface area contributed by atoms with Gasteiger partial charge in [-0.1, -0.05) is 13.8 Å². The average Bonchev–Trinajstić information content (AvgIpc) is 2.33. The van der Waals surface area contributed by atoms with Crippen LogP contribution < -0.4 is 4.90 Å². The van der Waals surface area contributed by atoms with Crippen molar-refractivity contribution in [3.63, 3.8) is 0 Å². The molecule has 0 atom stereocenters. The van der Waals surface area contributed by atoms with Crippen molar-refractivity contribution in [3.05, 3.63) is 16.5 Å². The smallest absolute Gasteiger partial charge is 0.134 e. The summed E-state index contributed by atoms with van der Waals surface area (Å²) in [4.78, 5) is 13.6. The maximum atomic E-state index is 4.67. The number of nitrogens with zero attached hydrogens (tertiary/aromatic N) is 4. The van der Waals surface area contributed by atoms with E-state index in [1.54, 1.807) is 0 Å². The first kappa shape index (κ1) is 16.4. The molecule has 0 radical (unpaired) electrons. The summed E-state index contributed by atoms with van der Waals surface area (Å²) in [6.45, 7) is 9.49. The van der Waals surface area contributed by atoms with Gasteiger partial charge in [-0.3, -0.25) is 0 Å². The number of hydrogen-bond donors (Lipinski definition) is 0. The molecule has 0 fully saturated rings. The number of halogens is 1. The molecule has 5 heteroatoms. The van der Waals surface area contributed by atoms with Gasteiger partial charge in [0.15, 0.2) is 0 Å². The third-order valence-corrected chi connectivity index (χ3v) is 3.36. The lowest BCUT2D eigenvalue weighted by atomic mass is 10.2. The molecule has 0 saturated carbocycles. The Bertz CT molecular complexity index is 393. The normalized spacial score (nSPS) is 11.4. The van der Waals surface area contributed by atoms with Gasteiger partial charge >= 0.3 is 0 Å². The molecule has 0 spiro atoms. The molecule has 0 aliphatic heterocycles. The number of hydrogen-bond acceptors (Lipinski definition) is 4. The van der Waals surface area contributed by atoms with Crippen molar-refractivity contribution < 1.29 is 0 Å². The lowest BCUT2D eigenvalue weighted by Crippen LogP contribution is -2.28. The van der Waals surface area contributed by atoms with Crippen LogP contribution >= 0.6 is 15.9 Å². The Morgan fingerprint density at radius 1 is 1.21 bits per heavy atom. The molecule has 4 nitrogen and oxygen atoms in total. The van der Waals surface area contributed by atoms with E-state index in [2.05, 4.69) is 70.6 Å². The molecule has 0 aliphatic rings. The second kappa shape index (κ2) is 7.80. The van der Waals surface area contributed by atoms with E-state index in [-0.39, 0.29) is 0 Å². The monoisotopic (exact) mass is 328 g/mol. The van der Waals surface area contributed by atoms with Crippen LogP contribution in [0.4, 0.5) is 5.82 Å². The molecular weight excluding hydrogens is 304 g/mol. The van der Waals surface area contributed by atoms with E-state index in [1.807, 2.05) is 6.07 Å². The van der Waals surface area contributed by atoms with Crippen LogP contribution in [0.15, 0.2) is 10.7 Å². The number of aromatic nitrogens is 2. The minimum absolute atomic E-state index is 0.344. The Hall–Kier alpha value is -0.680. The van der Waals surface area contributed by atoms with Crippen LogP contribution in [0.2, 0.25) is 0 Å². The fourth-order valence-electron chi connectivity index (χ4n) is 1.86. The topological polar surface area (TPSA) is 32.3 Å². The second-order valence-electron chi connectivity index (χ2n) is 5.30. The maximum absolute atomic E-state index is 4.67. The highest BCUT2D eigenvalue weighted by Crippen LogP contribution is 2.20. The molecule has 0 aliphatic carbocycles. The molecule has 108 valence electrons. The van der Waals surface area contributed by atoms with Gasteiger partial charge in [-0.15, -0.1) is 0 Å². The van der Waals surface area contributed by atoms with Gasteiger partial charge in [-0.2, -0.15) is 0 Å². The average molecular weight is 329 g/mol. The molecular formula is C14H25BrN4. The van der Waals surface area contributed by atoms with Crippen molar-refractivity contribution in [2.24, 2.45) is 0 Å². The Labute approximate surface area is 125 Å². The van der Waals surface area contributed by atoms with Crippen molar-refractivity contribution in [2.75, 3.05) is 38.6 Å². The van der Waals surface area contributed by atoms with Gasteiger partial charge in [-0.05, 0) is 49.9 Å². The van der Waals surface area contributed by atoms with Gasteiger partial charge in [0.25, 0.3) is 0 Å². The lowest BCUT2D eigenvalue weighted by Gasteiger charge is -2.23. The Morgan fingerprint density at radius 2 is 1.89 bits per heavy atom. The first-order valence-electron chi connectivity index (χ1n) is 6.88. The summed E-state index contributed by atoms with van der Waals surface area (Å²) >= 11 is 3.48. The van der Waals surface area contributed by atoms with E-state index < -0.39 is 0 Å². The van der Waals surface area contributed by atoms with Gasteiger partial charge in [-0.25, -0.2) is 9.97 Å². The molecule has 1 aromatic heterocycles. The predicted molar refractivity (Wildman–Crippen MR) is 84.9 cm³/mol. The summed E-state index contributed by atoms with van der Waals surface area (Å²) in [5.74, 6) is 2.26. The Morgan fingerprint density at radius 3 is 2.42 bits per heavy atom. The van der Waals surface area contributed by atoms with Crippen molar-refractivity contribution in [1.29, 1.82) is 0 Å². The fraction of sp³-hybridized carbons (Fsp3) is 0.714. The van der Waals surface area contributed by atoms with Crippen molar-refractivity contribution in [3.8, 4) is 0 Å². The summed E-state index contributed by atoms with van der Waals surface area (Å²) in [5, 5.41) is 0. The van der Waals surface area contributed by atoms with Crippen LogP contribution in [0.3, 0.4) is 0 Å². The van der Waals surface area contributed by atoms with Crippen LogP contribution in [0.5, 0.6) is 0 Å². The maximum Gasteiger partial charge on any atom is 0.134 e. The molecule has 1 heterocycles. The first-order chi connectivity index (χ1) is 8.93. The molecule has 1 aromatic rings. The summed E-state index contributed by atoms with van der Waals surface area (Å²) in [6, 6.07) is 2.00. The standard InChI is InChI=1S/C14H25BrN4/c1-6-19(9-7-8-18(4)5)13-10-12(15)16-14(17-13)11(2)3/h10-11H,6-9H2,1-5H3. The highest BCUT2D eigenvalue weighted by molar-refractivity contribution is 9.10. The van der Waals surface area contributed by atoms with Crippen LogP contribution in [0.1, 0.15) is 38.9 Å². The van der Waals surface area contributed by atoms with Crippen molar-refractivity contribution in [2.45, 2.75) is 33.1 Å². The van der Waals surface area contributed by atoms with Gasteiger partial charge in [0.1, 0.15) is 16.2 Å². The molecule has 1 rings (SSSR count). The van der Waals surface area contributed by atoms with Crippen LogP contribution in [-0.4, -0.2) is 48.6 Å². The van der Waals surface area contributed by atoms with Crippen LogP contribution in [0, 0.1) is 0 Å². The minimum Gasteiger partial charge on any atom is -0.357 e. The summed E-state index contributed by atoms with van der Waals surface area (Å²) in [5.41, 5.74) is 0. The molecule has 0 unspecified atom stereocenters. The Balaban J connectivity index is 2.79. The van der Waals surface area contributed by atoms with Gasteiger partial charge in [0.05, 0.1) is 0 Å². The van der Waals surface area contributed by atoms with Gasteiger partial charge in [0, 0.05) is 25.1 Å². The van der Waals surface area contributed by atoms with E-state index in [0.717, 1.165) is 42.3 Å². The minimum atomic E-state index is 0.344. The molecule has 0 N–H and O–H groups in total. The zero-order valence-electron chi connectivity index (χ0n) is 12.6. The second-order valence-corrected chi connectivity index (χ2v) is 6.11. The van der Waals surface area contributed by atoms with Crippen molar-refractivity contribution >= 4 is 21.7 Å². The molecule has 0 bridgehead atoms. The van der Waals surface area contributed by atoms with E-state index in [1.165, 1.54) is 0 Å². The van der Waals surface area contributed by atoms with Gasteiger partial charge in [0.2, 0.25) is 0 Å². The fourth-order valence-corrected chi connectivity index (χ4v) is 2.24. The van der Waals surface area contributed by atoms with E-state index >= 15 is 0 Å². The molecule has 0 amide bonds. The van der Waals surface area contributed by atoms with Crippen molar-refractivity contribution in [1.82, 2.24) is 14.9 Å². The predicted octanol–water partition coefficient (Wildman–Crippen LogP) is 3.14. The number of rotatable bonds is 7. The van der Waals surface area contributed by atoms with E-state index in [9.17, 15) is 0 Å².